The van der Waals surface area contributed by atoms with Crippen molar-refractivity contribution in [1.82, 2.24) is 0 Å². The van der Waals surface area contributed by atoms with Crippen LogP contribution in [0.4, 0.5) is 5.69 Å². The van der Waals surface area contributed by atoms with Crippen LogP contribution in [0.1, 0.15) is 26.3 Å². The highest BCUT2D eigenvalue weighted by Gasteiger charge is 2.27. The fraction of sp³-hybridized carbons (Fsp3) is 0.125. The van der Waals surface area contributed by atoms with E-state index in [4.69, 9.17) is 0 Å². The molecule has 5 heteroatoms. The number of aromatic carboxylic acids is 1. The molecule has 3 rings (SSSR count). The van der Waals surface area contributed by atoms with Gasteiger partial charge in [-0.25, -0.2) is 4.79 Å². The fourth-order valence-corrected chi connectivity index (χ4v) is 3.06. The maximum atomic E-state index is 12.6. The van der Waals surface area contributed by atoms with Crippen molar-refractivity contribution >= 4 is 40.2 Å². The van der Waals surface area contributed by atoms with Gasteiger partial charge in [0.05, 0.1) is 11.3 Å². The Balaban J connectivity index is 2.07. The summed E-state index contributed by atoms with van der Waals surface area (Å²) in [5.74, 6) is -1.16. The molecular formula is C16H12INO3. The quantitative estimate of drug-likeness (QED) is 0.798. The summed E-state index contributed by atoms with van der Waals surface area (Å²) in [6.45, 7) is 0.497. The SMILES string of the molecule is O=C(O)c1cc(I)ccc1N1CCc2ccccc2C1=O. The van der Waals surface area contributed by atoms with E-state index in [1.165, 1.54) is 0 Å². The summed E-state index contributed by atoms with van der Waals surface area (Å²) in [6.07, 6.45) is 0.729. The molecule has 1 N–H and O–H groups in total. The van der Waals surface area contributed by atoms with Crippen LogP contribution in [0, 0.1) is 3.57 Å². The largest absolute Gasteiger partial charge is 0.478 e. The number of carbonyl (C=O) groups excluding carboxylic acids is 1. The molecule has 0 saturated carbocycles. The molecule has 0 aromatic heterocycles. The summed E-state index contributed by atoms with van der Waals surface area (Å²) in [4.78, 5) is 25.6. The monoisotopic (exact) mass is 393 g/mol. The molecule has 0 unspecified atom stereocenters. The smallest absolute Gasteiger partial charge is 0.337 e. The van der Waals surface area contributed by atoms with Crippen molar-refractivity contribution in [3.63, 3.8) is 0 Å². The van der Waals surface area contributed by atoms with Crippen LogP contribution in [0.25, 0.3) is 0 Å². The zero-order chi connectivity index (χ0) is 15.0. The average molecular weight is 393 g/mol. The van der Waals surface area contributed by atoms with Crippen LogP contribution >= 0.6 is 22.6 Å². The molecule has 0 aliphatic carbocycles. The molecule has 0 atom stereocenters. The Kier molecular flexibility index (Phi) is 3.67. The molecule has 0 spiro atoms. The van der Waals surface area contributed by atoms with Gasteiger partial charge in [-0.05, 0) is 58.8 Å². The summed E-state index contributed by atoms with van der Waals surface area (Å²) >= 11 is 2.06. The number of hydrogen-bond donors (Lipinski definition) is 1. The maximum absolute atomic E-state index is 12.6. The third kappa shape index (κ3) is 2.53. The first-order chi connectivity index (χ1) is 10.1. The Bertz CT molecular complexity index is 742. The van der Waals surface area contributed by atoms with Crippen LogP contribution in [0.3, 0.4) is 0 Å². The van der Waals surface area contributed by atoms with Crippen LogP contribution in [0.15, 0.2) is 42.5 Å². The third-order valence-corrected chi connectivity index (χ3v) is 4.25. The summed E-state index contributed by atoms with van der Waals surface area (Å²) in [6, 6.07) is 12.6. The number of benzene rings is 2. The Morgan fingerprint density at radius 2 is 1.95 bits per heavy atom. The van der Waals surface area contributed by atoms with E-state index in [0.29, 0.717) is 17.8 Å². The van der Waals surface area contributed by atoms with Crippen molar-refractivity contribution in [2.75, 3.05) is 11.4 Å². The topological polar surface area (TPSA) is 57.6 Å². The second kappa shape index (κ2) is 5.48. The summed E-state index contributed by atoms with van der Waals surface area (Å²) in [5.41, 5.74) is 2.29. The fourth-order valence-electron chi connectivity index (χ4n) is 2.57. The Hall–Kier alpha value is -1.89. The van der Waals surface area contributed by atoms with E-state index >= 15 is 0 Å². The molecule has 0 bridgehead atoms. The first-order valence-corrected chi connectivity index (χ1v) is 7.58. The predicted octanol–water partition coefficient (Wildman–Crippen LogP) is 3.19. The Labute approximate surface area is 135 Å². The van der Waals surface area contributed by atoms with E-state index < -0.39 is 5.97 Å². The lowest BCUT2D eigenvalue weighted by Gasteiger charge is -2.29. The number of carbonyl (C=O) groups is 2. The van der Waals surface area contributed by atoms with Crippen LogP contribution in [-0.4, -0.2) is 23.5 Å². The van der Waals surface area contributed by atoms with Gasteiger partial charge in [0, 0.05) is 15.7 Å². The molecule has 1 aliphatic heterocycles. The van der Waals surface area contributed by atoms with E-state index in [1.807, 2.05) is 24.3 Å². The Morgan fingerprint density at radius 1 is 1.19 bits per heavy atom. The van der Waals surface area contributed by atoms with E-state index in [-0.39, 0.29) is 11.5 Å². The minimum absolute atomic E-state index is 0.138. The zero-order valence-electron chi connectivity index (χ0n) is 11.0. The molecule has 21 heavy (non-hydrogen) atoms. The number of fused-ring (bicyclic) bond motifs is 1. The second-order valence-corrected chi connectivity index (χ2v) is 6.08. The standard InChI is InChI=1S/C16H12INO3/c17-11-5-6-14(13(9-11)16(20)21)18-8-7-10-3-1-2-4-12(10)15(18)19/h1-6,9H,7-8H2,(H,20,21). The number of carboxylic acid groups (broad SMARTS) is 1. The summed E-state index contributed by atoms with van der Waals surface area (Å²) in [7, 11) is 0. The molecule has 106 valence electrons. The van der Waals surface area contributed by atoms with E-state index in [2.05, 4.69) is 22.6 Å². The van der Waals surface area contributed by atoms with Gasteiger partial charge in [-0.1, -0.05) is 18.2 Å². The molecule has 2 aromatic carbocycles. The van der Waals surface area contributed by atoms with Gasteiger partial charge in [-0.15, -0.1) is 0 Å². The van der Waals surface area contributed by atoms with Crippen molar-refractivity contribution < 1.29 is 14.7 Å². The second-order valence-electron chi connectivity index (χ2n) is 4.83. The number of carboxylic acids is 1. The minimum atomic E-state index is -1.02. The van der Waals surface area contributed by atoms with Crippen molar-refractivity contribution in [2.45, 2.75) is 6.42 Å². The molecule has 2 aromatic rings. The van der Waals surface area contributed by atoms with E-state index in [0.717, 1.165) is 15.6 Å². The average Bonchev–Trinajstić information content (AvgIpc) is 2.48. The normalized spacial score (nSPS) is 14.0. The van der Waals surface area contributed by atoms with Gasteiger partial charge in [-0.2, -0.15) is 0 Å². The molecule has 4 nitrogen and oxygen atoms in total. The Morgan fingerprint density at radius 3 is 2.71 bits per heavy atom. The zero-order valence-corrected chi connectivity index (χ0v) is 13.2. The van der Waals surface area contributed by atoms with Gasteiger partial charge in [0.2, 0.25) is 0 Å². The van der Waals surface area contributed by atoms with Crippen molar-refractivity contribution in [3.05, 3.63) is 62.7 Å². The number of nitrogens with zero attached hydrogens (tertiary/aromatic N) is 1. The van der Waals surface area contributed by atoms with Crippen molar-refractivity contribution in [3.8, 4) is 0 Å². The number of rotatable bonds is 2. The molecule has 0 radical (unpaired) electrons. The minimum Gasteiger partial charge on any atom is -0.478 e. The maximum Gasteiger partial charge on any atom is 0.337 e. The summed E-state index contributed by atoms with van der Waals surface area (Å²) < 4.78 is 0.832. The molecule has 0 saturated heterocycles. The van der Waals surface area contributed by atoms with Gasteiger partial charge in [-0.3, -0.25) is 4.79 Å². The van der Waals surface area contributed by atoms with Crippen LogP contribution < -0.4 is 4.90 Å². The number of anilines is 1. The summed E-state index contributed by atoms with van der Waals surface area (Å²) in [5, 5.41) is 9.36. The molecule has 1 aliphatic rings. The lowest BCUT2D eigenvalue weighted by Crippen LogP contribution is -2.38. The molecule has 1 amide bonds. The van der Waals surface area contributed by atoms with E-state index in [9.17, 15) is 14.7 Å². The lowest BCUT2D eigenvalue weighted by molar-refractivity contribution is 0.0697. The van der Waals surface area contributed by atoms with Crippen LogP contribution in [-0.2, 0) is 6.42 Å². The number of halogens is 1. The third-order valence-electron chi connectivity index (χ3n) is 3.58. The predicted molar refractivity (Wildman–Crippen MR) is 87.9 cm³/mol. The first kappa shape index (κ1) is 14.1. The van der Waals surface area contributed by atoms with Gasteiger partial charge >= 0.3 is 5.97 Å². The van der Waals surface area contributed by atoms with Gasteiger partial charge < -0.3 is 10.0 Å². The van der Waals surface area contributed by atoms with Crippen LogP contribution in [0.5, 0.6) is 0 Å². The first-order valence-electron chi connectivity index (χ1n) is 6.50. The van der Waals surface area contributed by atoms with Gasteiger partial charge in [0.1, 0.15) is 0 Å². The number of hydrogen-bond acceptors (Lipinski definition) is 2. The highest BCUT2D eigenvalue weighted by atomic mass is 127. The van der Waals surface area contributed by atoms with Crippen LogP contribution in [0.2, 0.25) is 0 Å². The highest BCUT2D eigenvalue weighted by molar-refractivity contribution is 14.1. The molecule has 1 heterocycles. The van der Waals surface area contributed by atoms with E-state index in [1.54, 1.807) is 23.1 Å². The van der Waals surface area contributed by atoms with Crippen molar-refractivity contribution in [2.24, 2.45) is 0 Å². The molecule has 0 fully saturated rings. The molecular weight excluding hydrogens is 381 g/mol. The lowest BCUT2D eigenvalue weighted by atomic mass is 9.98. The number of amides is 1. The van der Waals surface area contributed by atoms with Gasteiger partial charge in [0.25, 0.3) is 5.91 Å². The van der Waals surface area contributed by atoms with Gasteiger partial charge in [0.15, 0.2) is 0 Å². The van der Waals surface area contributed by atoms with Crippen molar-refractivity contribution in [1.29, 1.82) is 0 Å². The highest BCUT2D eigenvalue weighted by Crippen LogP contribution is 2.28.